The van der Waals surface area contributed by atoms with E-state index in [2.05, 4.69) is 4.90 Å². The molecule has 38 heavy (non-hydrogen) atoms. The standard InChI is InChI=1S/C30H39N3O5/c1-3-30(4-2)28(37)33(29(30)38-22-27(36)32-17-15-31(16-18-32)19-20-34)26(35)21-25(23-11-7-5-8-12-23)24-13-9-6-10-14-24/h5-14,25,29,34H,3-4,15-22H2,1-2H3. The van der Waals surface area contributed by atoms with E-state index in [0.29, 0.717) is 45.6 Å². The predicted molar refractivity (Wildman–Crippen MR) is 144 cm³/mol. The zero-order valence-corrected chi connectivity index (χ0v) is 22.4. The minimum absolute atomic E-state index is 0.0994. The van der Waals surface area contributed by atoms with Crippen molar-refractivity contribution < 1.29 is 24.2 Å². The number of β-lactam (4-membered cyclic amide) rings is 1. The SMILES string of the molecule is CCC1(CC)C(=O)N(C(=O)CC(c2ccccc2)c2ccccc2)C1OCC(=O)N1CCN(CCO)CC1. The minimum Gasteiger partial charge on any atom is -0.395 e. The van der Waals surface area contributed by atoms with Crippen LogP contribution in [-0.2, 0) is 19.1 Å². The van der Waals surface area contributed by atoms with E-state index in [1.807, 2.05) is 74.5 Å². The van der Waals surface area contributed by atoms with E-state index in [-0.39, 0.29) is 43.3 Å². The molecular weight excluding hydrogens is 482 g/mol. The molecule has 8 nitrogen and oxygen atoms in total. The first-order valence-electron chi connectivity index (χ1n) is 13.6. The van der Waals surface area contributed by atoms with Crippen molar-refractivity contribution in [2.24, 2.45) is 5.41 Å². The molecule has 0 aliphatic carbocycles. The summed E-state index contributed by atoms with van der Waals surface area (Å²) in [5, 5.41) is 9.14. The van der Waals surface area contributed by atoms with Crippen molar-refractivity contribution in [3.05, 3.63) is 71.8 Å². The quantitative estimate of drug-likeness (QED) is 0.458. The third-order valence-corrected chi connectivity index (χ3v) is 8.17. The molecule has 3 amide bonds. The molecule has 0 bridgehead atoms. The molecule has 2 fully saturated rings. The van der Waals surface area contributed by atoms with Gasteiger partial charge in [0, 0.05) is 45.1 Å². The van der Waals surface area contributed by atoms with E-state index in [0.717, 1.165) is 11.1 Å². The number of hydrogen-bond donors (Lipinski definition) is 1. The molecule has 0 saturated carbocycles. The van der Waals surface area contributed by atoms with Gasteiger partial charge in [0.25, 0.3) is 0 Å². The highest BCUT2D eigenvalue weighted by Crippen LogP contribution is 2.46. The number of aliphatic hydroxyl groups excluding tert-OH is 1. The van der Waals surface area contributed by atoms with Crippen LogP contribution in [0.4, 0.5) is 0 Å². The van der Waals surface area contributed by atoms with E-state index < -0.39 is 11.6 Å². The molecule has 0 spiro atoms. The second-order valence-electron chi connectivity index (χ2n) is 10.1. The predicted octanol–water partition coefficient (Wildman–Crippen LogP) is 2.86. The normalized spacial score (nSPS) is 19.5. The summed E-state index contributed by atoms with van der Waals surface area (Å²) in [6.07, 6.45) is 0.436. The van der Waals surface area contributed by atoms with Gasteiger partial charge in [0.1, 0.15) is 6.61 Å². The number of β-amino-alcohol motifs (C(OH)–C–C–N with tert-alkyl or cyclic N) is 1. The Balaban J connectivity index is 1.47. The molecule has 4 rings (SSSR count). The Bertz CT molecular complexity index is 1040. The third kappa shape index (κ3) is 5.67. The average molecular weight is 522 g/mol. The molecule has 2 heterocycles. The number of amides is 3. The van der Waals surface area contributed by atoms with Crippen LogP contribution < -0.4 is 0 Å². The van der Waals surface area contributed by atoms with Crippen molar-refractivity contribution >= 4 is 17.7 Å². The van der Waals surface area contributed by atoms with Crippen molar-refractivity contribution in [1.29, 1.82) is 0 Å². The van der Waals surface area contributed by atoms with E-state index in [9.17, 15) is 14.4 Å². The lowest BCUT2D eigenvalue weighted by molar-refractivity contribution is -0.224. The van der Waals surface area contributed by atoms with Crippen LogP contribution in [0.3, 0.4) is 0 Å². The van der Waals surface area contributed by atoms with Crippen LogP contribution in [0.25, 0.3) is 0 Å². The van der Waals surface area contributed by atoms with Crippen LogP contribution >= 0.6 is 0 Å². The molecule has 1 atom stereocenters. The summed E-state index contributed by atoms with van der Waals surface area (Å²) < 4.78 is 6.10. The molecule has 204 valence electrons. The lowest BCUT2D eigenvalue weighted by Gasteiger charge is -2.54. The van der Waals surface area contributed by atoms with Gasteiger partial charge in [0.2, 0.25) is 17.7 Å². The highest BCUT2D eigenvalue weighted by Gasteiger charge is 2.61. The topological polar surface area (TPSA) is 90.4 Å². The van der Waals surface area contributed by atoms with Gasteiger partial charge in [-0.25, -0.2) is 0 Å². The summed E-state index contributed by atoms with van der Waals surface area (Å²) in [4.78, 5) is 45.1. The lowest BCUT2D eigenvalue weighted by atomic mass is 9.71. The number of hydrogen-bond acceptors (Lipinski definition) is 6. The summed E-state index contributed by atoms with van der Waals surface area (Å²) >= 11 is 0. The monoisotopic (exact) mass is 521 g/mol. The van der Waals surface area contributed by atoms with Crippen LogP contribution in [0, 0.1) is 5.41 Å². The zero-order valence-electron chi connectivity index (χ0n) is 22.4. The number of carbonyl (C=O) groups is 3. The fourth-order valence-corrected chi connectivity index (χ4v) is 5.69. The third-order valence-electron chi connectivity index (χ3n) is 8.17. The number of likely N-dealkylation sites (tertiary alicyclic amines) is 1. The fraction of sp³-hybridized carbons (Fsp3) is 0.500. The number of imide groups is 1. The average Bonchev–Trinajstić information content (AvgIpc) is 2.96. The summed E-state index contributed by atoms with van der Waals surface area (Å²) in [5.41, 5.74) is 1.21. The molecule has 2 aromatic carbocycles. The summed E-state index contributed by atoms with van der Waals surface area (Å²) in [7, 11) is 0. The maximum absolute atomic E-state index is 13.7. The number of ether oxygens (including phenoxy) is 1. The van der Waals surface area contributed by atoms with Gasteiger partial charge >= 0.3 is 0 Å². The number of aliphatic hydroxyl groups is 1. The molecule has 8 heteroatoms. The Kier molecular flexibility index (Phi) is 9.31. The number of nitrogens with zero attached hydrogens (tertiary/aromatic N) is 3. The second-order valence-corrected chi connectivity index (χ2v) is 10.1. The zero-order chi connectivity index (χ0) is 27.1. The Labute approximate surface area is 225 Å². The van der Waals surface area contributed by atoms with Gasteiger partial charge in [-0.1, -0.05) is 74.5 Å². The second kappa shape index (κ2) is 12.7. The van der Waals surface area contributed by atoms with Gasteiger partial charge in [0.05, 0.1) is 12.0 Å². The van der Waals surface area contributed by atoms with Crippen LogP contribution in [0.5, 0.6) is 0 Å². The number of carbonyl (C=O) groups excluding carboxylic acids is 3. The maximum Gasteiger partial charge on any atom is 0.248 e. The van der Waals surface area contributed by atoms with Crippen molar-refractivity contribution in [3.8, 4) is 0 Å². The van der Waals surface area contributed by atoms with Crippen LogP contribution in [0.2, 0.25) is 0 Å². The smallest absolute Gasteiger partial charge is 0.248 e. The van der Waals surface area contributed by atoms with Crippen molar-refractivity contribution in [3.63, 3.8) is 0 Å². The Morgan fingerprint density at radius 1 is 0.921 bits per heavy atom. The number of piperazine rings is 1. The van der Waals surface area contributed by atoms with Crippen LogP contribution in [0.15, 0.2) is 60.7 Å². The van der Waals surface area contributed by atoms with Crippen LogP contribution in [-0.4, -0.2) is 89.7 Å². The van der Waals surface area contributed by atoms with Crippen molar-refractivity contribution in [2.45, 2.75) is 45.3 Å². The summed E-state index contributed by atoms with van der Waals surface area (Å²) in [6, 6.07) is 19.7. The first-order chi connectivity index (χ1) is 18.4. The van der Waals surface area contributed by atoms with E-state index in [1.165, 1.54) is 4.90 Å². The minimum atomic E-state index is -0.801. The number of benzene rings is 2. The molecule has 2 aromatic rings. The van der Waals surface area contributed by atoms with E-state index in [1.54, 1.807) is 4.90 Å². The van der Waals surface area contributed by atoms with Crippen molar-refractivity contribution in [2.75, 3.05) is 45.9 Å². The molecule has 2 saturated heterocycles. The lowest BCUT2D eigenvalue weighted by Crippen LogP contribution is -2.71. The first kappa shape index (κ1) is 28.0. The molecule has 1 N–H and O–H groups in total. The molecule has 2 aliphatic heterocycles. The highest BCUT2D eigenvalue weighted by atomic mass is 16.5. The highest BCUT2D eigenvalue weighted by molar-refractivity contribution is 6.04. The van der Waals surface area contributed by atoms with E-state index in [4.69, 9.17) is 9.84 Å². The molecule has 2 aliphatic rings. The van der Waals surface area contributed by atoms with Gasteiger partial charge < -0.3 is 14.7 Å². The molecule has 0 aromatic heterocycles. The number of rotatable bonds is 11. The van der Waals surface area contributed by atoms with Gasteiger partial charge in [-0.15, -0.1) is 0 Å². The van der Waals surface area contributed by atoms with Gasteiger partial charge in [-0.05, 0) is 24.0 Å². The Hall–Kier alpha value is -3.07. The molecule has 0 radical (unpaired) electrons. The Morgan fingerprint density at radius 2 is 1.47 bits per heavy atom. The largest absolute Gasteiger partial charge is 0.395 e. The fourth-order valence-electron chi connectivity index (χ4n) is 5.69. The van der Waals surface area contributed by atoms with Gasteiger partial charge in [0.15, 0.2) is 6.23 Å². The molecular formula is C30H39N3O5. The van der Waals surface area contributed by atoms with Gasteiger partial charge in [-0.3, -0.25) is 24.2 Å². The maximum atomic E-state index is 13.7. The first-order valence-corrected chi connectivity index (χ1v) is 13.6. The summed E-state index contributed by atoms with van der Waals surface area (Å²) in [6.45, 7) is 6.92. The molecule has 1 unspecified atom stereocenters. The Morgan fingerprint density at radius 3 is 1.97 bits per heavy atom. The van der Waals surface area contributed by atoms with Crippen molar-refractivity contribution in [1.82, 2.24) is 14.7 Å². The van der Waals surface area contributed by atoms with Gasteiger partial charge in [-0.2, -0.15) is 0 Å². The van der Waals surface area contributed by atoms with Crippen LogP contribution in [0.1, 0.15) is 50.2 Å². The van der Waals surface area contributed by atoms with E-state index >= 15 is 0 Å². The summed E-state index contributed by atoms with van der Waals surface area (Å²) in [5.74, 6) is -0.857.